The lowest BCUT2D eigenvalue weighted by Gasteiger charge is -2.08. The van der Waals surface area contributed by atoms with Crippen molar-refractivity contribution in [3.05, 3.63) is 58.1 Å². The summed E-state index contributed by atoms with van der Waals surface area (Å²) in [5.41, 5.74) is 1.53. The molecule has 0 fully saturated rings. The van der Waals surface area contributed by atoms with Crippen LogP contribution in [0.2, 0.25) is 10.0 Å². The average molecular weight is 430 g/mol. The highest BCUT2D eigenvalue weighted by molar-refractivity contribution is 7.89. The van der Waals surface area contributed by atoms with E-state index < -0.39 is 9.84 Å². The summed E-state index contributed by atoms with van der Waals surface area (Å²) < 4.78 is 28.0. The fourth-order valence-corrected chi connectivity index (χ4v) is 3.44. The standard InChI is InChI=1S/C19H21Cl2NO4S/c1-27(24,25)13-14-4-7-17(8-5-14)26-12-16(23)3-2-10-22-15-6-9-18(20)19(21)11-15/h4-9,11,22H,2-3,10,12-13H2,1H3. The first-order chi connectivity index (χ1) is 12.7. The second kappa shape index (κ2) is 9.97. The Hall–Kier alpha value is -1.76. The molecular weight excluding hydrogens is 409 g/mol. The lowest BCUT2D eigenvalue weighted by molar-refractivity contribution is -0.121. The van der Waals surface area contributed by atoms with Gasteiger partial charge in [0.25, 0.3) is 0 Å². The highest BCUT2D eigenvalue weighted by Crippen LogP contribution is 2.25. The van der Waals surface area contributed by atoms with E-state index in [1.54, 1.807) is 36.4 Å². The van der Waals surface area contributed by atoms with Crippen LogP contribution in [-0.2, 0) is 20.4 Å². The van der Waals surface area contributed by atoms with Crippen LogP contribution in [0.15, 0.2) is 42.5 Å². The summed E-state index contributed by atoms with van der Waals surface area (Å²) in [5.74, 6) is 0.513. The average Bonchev–Trinajstić information content (AvgIpc) is 2.60. The molecule has 0 saturated heterocycles. The van der Waals surface area contributed by atoms with Gasteiger partial charge in [0.1, 0.15) is 12.4 Å². The largest absolute Gasteiger partial charge is 0.486 e. The molecule has 0 aliphatic carbocycles. The van der Waals surface area contributed by atoms with E-state index in [4.69, 9.17) is 27.9 Å². The van der Waals surface area contributed by atoms with Gasteiger partial charge in [-0.2, -0.15) is 0 Å². The van der Waals surface area contributed by atoms with Crippen molar-refractivity contribution < 1.29 is 17.9 Å². The lowest BCUT2D eigenvalue weighted by Crippen LogP contribution is -2.13. The first-order valence-corrected chi connectivity index (χ1v) is 11.1. The highest BCUT2D eigenvalue weighted by Gasteiger charge is 2.06. The van der Waals surface area contributed by atoms with Gasteiger partial charge < -0.3 is 10.1 Å². The van der Waals surface area contributed by atoms with Crippen LogP contribution in [0.1, 0.15) is 18.4 Å². The molecule has 1 N–H and O–H groups in total. The van der Waals surface area contributed by atoms with Crippen LogP contribution in [0.3, 0.4) is 0 Å². The summed E-state index contributed by atoms with van der Waals surface area (Å²) in [7, 11) is -3.07. The normalized spacial score (nSPS) is 11.2. The number of hydrogen-bond acceptors (Lipinski definition) is 5. The predicted molar refractivity (Wildman–Crippen MR) is 110 cm³/mol. The van der Waals surface area contributed by atoms with Crippen LogP contribution in [-0.4, -0.2) is 33.6 Å². The maximum absolute atomic E-state index is 11.9. The topological polar surface area (TPSA) is 72.5 Å². The number of ether oxygens (including phenoxy) is 1. The zero-order chi connectivity index (χ0) is 19.9. The van der Waals surface area contributed by atoms with E-state index in [1.807, 2.05) is 6.07 Å². The minimum Gasteiger partial charge on any atom is -0.486 e. The number of halogens is 2. The zero-order valence-electron chi connectivity index (χ0n) is 14.9. The van der Waals surface area contributed by atoms with Gasteiger partial charge in [-0.3, -0.25) is 4.79 Å². The molecule has 0 unspecified atom stereocenters. The summed E-state index contributed by atoms with van der Waals surface area (Å²) in [6.45, 7) is 0.613. The van der Waals surface area contributed by atoms with Crippen LogP contribution in [0.4, 0.5) is 5.69 Å². The number of sulfone groups is 1. The molecule has 0 saturated carbocycles. The van der Waals surface area contributed by atoms with Crippen LogP contribution >= 0.6 is 23.2 Å². The van der Waals surface area contributed by atoms with Crippen molar-refractivity contribution in [1.82, 2.24) is 0 Å². The lowest BCUT2D eigenvalue weighted by atomic mass is 10.2. The molecule has 27 heavy (non-hydrogen) atoms. The number of ketones is 1. The third-order valence-corrected chi connectivity index (χ3v) is 5.23. The summed E-state index contributed by atoms with van der Waals surface area (Å²) in [6.07, 6.45) is 2.24. The van der Waals surface area contributed by atoms with Crippen molar-refractivity contribution in [2.45, 2.75) is 18.6 Å². The van der Waals surface area contributed by atoms with E-state index in [-0.39, 0.29) is 18.1 Å². The fourth-order valence-electron chi connectivity index (χ4n) is 2.35. The number of rotatable bonds is 10. The minimum absolute atomic E-state index is 0.00819. The maximum atomic E-state index is 11.9. The van der Waals surface area contributed by atoms with E-state index in [1.165, 1.54) is 6.26 Å². The number of nitrogens with one attached hydrogen (secondary N) is 1. The van der Waals surface area contributed by atoms with Gasteiger partial charge >= 0.3 is 0 Å². The first-order valence-electron chi connectivity index (χ1n) is 8.33. The summed E-state index contributed by atoms with van der Waals surface area (Å²) in [6, 6.07) is 12.0. The zero-order valence-corrected chi connectivity index (χ0v) is 17.2. The van der Waals surface area contributed by atoms with Crippen molar-refractivity contribution in [3.63, 3.8) is 0 Å². The molecule has 0 spiro atoms. The number of carbonyl (C=O) groups is 1. The number of hydrogen-bond donors (Lipinski definition) is 1. The Bertz CT molecular complexity index is 883. The van der Waals surface area contributed by atoms with Gasteiger partial charge in [-0.05, 0) is 42.3 Å². The Balaban J connectivity index is 1.67. The van der Waals surface area contributed by atoms with Gasteiger partial charge in [0.05, 0.1) is 15.8 Å². The number of benzene rings is 2. The Morgan fingerprint density at radius 2 is 1.78 bits per heavy atom. The van der Waals surface area contributed by atoms with E-state index in [0.29, 0.717) is 40.7 Å². The predicted octanol–water partition coefficient (Wildman–Crippen LogP) is 4.38. The Labute approximate surface area is 169 Å². The molecule has 0 heterocycles. The van der Waals surface area contributed by atoms with Gasteiger partial charge in [-0.1, -0.05) is 35.3 Å². The molecule has 8 heteroatoms. The molecule has 0 amide bonds. The minimum atomic E-state index is -3.07. The summed E-state index contributed by atoms with van der Waals surface area (Å²) >= 11 is 11.8. The molecule has 0 radical (unpaired) electrons. The molecule has 2 rings (SSSR count). The highest BCUT2D eigenvalue weighted by atomic mass is 35.5. The SMILES string of the molecule is CS(=O)(=O)Cc1ccc(OCC(=O)CCCNc2ccc(Cl)c(Cl)c2)cc1. The second-order valence-electron chi connectivity index (χ2n) is 6.20. The van der Waals surface area contributed by atoms with Crippen molar-refractivity contribution in [2.75, 3.05) is 24.7 Å². The van der Waals surface area contributed by atoms with Crippen LogP contribution in [0.5, 0.6) is 5.75 Å². The van der Waals surface area contributed by atoms with E-state index >= 15 is 0 Å². The van der Waals surface area contributed by atoms with Crippen LogP contribution in [0, 0.1) is 0 Å². The fraction of sp³-hybridized carbons (Fsp3) is 0.316. The van der Waals surface area contributed by atoms with Gasteiger partial charge in [0, 0.05) is 24.9 Å². The maximum Gasteiger partial charge on any atom is 0.170 e. The van der Waals surface area contributed by atoms with Crippen LogP contribution < -0.4 is 10.1 Å². The van der Waals surface area contributed by atoms with Crippen molar-refractivity contribution >= 4 is 44.5 Å². The summed E-state index contributed by atoms with van der Waals surface area (Å²) in [4.78, 5) is 11.9. The van der Waals surface area contributed by atoms with Crippen molar-refractivity contribution in [2.24, 2.45) is 0 Å². The third-order valence-electron chi connectivity index (χ3n) is 3.63. The Morgan fingerprint density at radius 1 is 1.07 bits per heavy atom. The molecule has 0 atom stereocenters. The smallest absolute Gasteiger partial charge is 0.170 e. The number of Topliss-reactive ketones (excluding diaryl/α,β-unsaturated/α-hetero) is 1. The van der Waals surface area contributed by atoms with Gasteiger partial charge in [-0.15, -0.1) is 0 Å². The van der Waals surface area contributed by atoms with Crippen molar-refractivity contribution in [1.29, 1.82) is 0 Å². The molecular formula is C19H21Cl2NO4S. The molecule has 5 nitrogen and oxygen atoms in total. The summed E-state index contributed by atoms with van der Waals surface area (Å²) in [5, 5.41) is 4.16. The van der Waals surface area contributed by atoms with Crippen molar-refractivity contribution in [3.8, 4) is 5.75 Å². The molecule has 0 bridgehead atoms. The molecule has 2 aromatic carbocycles. The molecule has 0 aromatic heterocycles. The molecule has 0 aliphatic rings. The number of anilines is 1. The second-order valence-corrected chi connectivity index (χ2v) is 9.16. The van der Waals surface area contributed by atoms with E-state index in [9.17, 15) is 13.2 Å². The monoisotopic (exact) mass is 429 g/mol. The van der Waals surface area contributed by atoms with Gasteiger partial charge in [-0.25, -0.2) is 8.42 Å². The third kappa shape index (κ3) is 8.20. The van der Waals surface area contributed by atoms with Gasteiger partial charge in [0.2, 0.25) is 0 Å². The number of carbonyl (C=O) groups excluding carboxylic acids is 1. The molecule has 2 aromatic rings. The molecule has 146 valence electrons. The Kier molecular flexibility index (Phi) is 7.95. The van der Waals surface area contributed by atoms with Crippen LogP contribution in [0.25, 0.3) is 0 Å². The molecule has 0 aliphatic heterocycles. The Morgan fingerprint density at radius 3 is 2.41 bits per heavy atom. The quantitative estimate of drug-likeness (QED) is 0.567. The van der Waals surface area contributed by atoms with E-state index in [0.717, 1.165) is 5.69 Å². The van der Waals surface area contributed by atoms with Gasteiger partial charge in [0.15, 0.2) is 15.6 Å². The van der Waals surface area contributed by atoms with E-state index in [2.05, 4.69) is 5.32 Å². The first kappa shape index (κ1) is 21.5.